The van der Waals surface area contributed by atoms with Gasteiger partial charge in [-0.05, 0) is 47.7 Å². The molecule has 1 saturated heterocycles. The predicted molar refractivity (Wildman–Crippen MR) is 137 cm³/mol. The fourth-order valence-corrected chi connectivity index (χ4v) is 6.12. The molecule has 3 aromatic carbocycles. The van der Waals surface area contributed by atoms with Crippen molar-refractivity contribution in [1.82, 2.24) is 4.31 Å². The van der Waals surface area contributed by atoms with Crippen LogP contribution >= 0.6 is 0 Å². The number of rotatable bonds is 9. The van der Waals surface area contributed by atoms with E-state index in [9.17, 15) is 13.2 Å². The van der Waals surface area contributed by atoms with Crippen molar-refractivity contribution in [2.24, 2.45) is 11.7 Å². The van der Waals surface area contributed by atoms with Crippen molar-refractivity contribution in [3.05, 3.63) is 84.4 Å². The number of nitrogens with two attached hydrogens (primary N) is 1. The summed E-state index contributed by atoms with van der Waals surface area (Å²) in [6.07, 6.45) is 0.659. The van der Waals surface area contributed by atoms with Crippen molar-refractivity contribution in [2.45, 2.75) is 23.8 Å². The highest BCUT2D eigenvalue weighted by atomic mass is 32.2. The summed E-state index contributed by atoms with van der Waals surface area (Å²) >= 11 is 0. The Labute approximate surface area is 211 Å². The number of hydrogen-bond acceptors (Lipinski definition) is 6. The Bertz CT molecular complexity index is 1310. The molecule has 0 spiro atoms. The molecule has 8 nitrogen and oxygen atoms in total. The van der Waals surface area contributed by atoms with Gasteiger partial charge < -0.3 is 15.2 Å². The number of carbonyl (C=O) groups excluding carboxylic acids is 1. The van der Waals surface area contributed by atoms with Gasteiger partial charge in [-0.25, -0.2) is 8.42 Å². The zero-order valence-corrected chi connectivity index (χ0v) is 20.8. The van der Waals surface area contributed by atoms with E-state index in [-0.39, 0.29) is 42.2 Å². The summed E-state index contributed by atoms with van der Waals surface area (Å²) in [6.45, 7) is 0.395. The standard InChI is InChI=1S/C27H29N3O5S/c1-34-26(31)16-19-15-23(30(17-19)36(32,33)25-5-3-2-4-6-25)18-35-24-13-11-21(12-14-24)20-7-9-22(10-8-20)27(28)29/h2-14,19,23H,15-18H2,1H3,(H3,28,29)/t19-,23-/m0/s1. The van der Waals surface area contributed by atoms with E-state index in [2.05, 4.69) is 0 Å². The summed E-state index contributed by atoms with van der Waals surface area (Å²) in [5.74, 6) is 0.136. The van der Waals surface area contributed by atoms with E-state index in [1.807, 2.05) is 36.4 Å². The maximum Gasteiger partial charge on any atom is 0.305 e. The van der Waals surface area contributed by atoms with E-state index in [1.165, 1.54) is 11.4 Å². The second kappa shape index (κ2) is 10.9. The average molecular weight is 508 g/mol. The van der Waals surface area contributed by atoms with Gasteiger partial charge in [0.2, 0.25) is 10.0 Å². The molecule has 188 valence electrons. The Morgan fingerprint density at radius 1 is 1.00 bits per heavy atom. The number of ether oxygens (including phenoxy) is 2. The summed E-state index contributed by atoms with van der Waals surface area (Å²) in [5.41, 5.74) is 8.14. The van der Waals surface area contributed by atoms with Crippen molar-refractivity contribution in [3.8, 4) is 16.9 Å². The topological polar surface area (TPSA) is 123 Å². The summed E-state index contributed by atoms with van der Waals surface area (Å²) in [6, 6.07) is 22.8. The lowest BCUT2D eigenvalue weighted by Crippen LogP contribution is -2.39. The minimum atomic E-state index is -3.74. The highest BCUT2D eigenvalue weighted by Gasteiger charge is 2.41. The molecule has 0 bridgehead atoms. The maximum atomic E-state index is 13.4. The van der Waals surface area contributed by atoms with Crippen molar-refractivity contribution in [1.29, 1.82) is 5.41 Å². The Morgan fingerprint density at radius 2 is 1.61 bits per heavy atom. The molecule has 3 aromatic rings. The van der Waals surface area contributed by atoms with Crippen LogP contribution in [0.15, 0.2) is 83.8 Å². The minimum absolute atomic E-state index is 0.0226. The minimum Gasteiger partial charge on any atom is -0.492 e. The van der Waals surface area contributed by atoms with Gasteiger partial charge in [0.1, 0.15) is 18.2 Å². The highest BCUT2D eigenvalue weighted by Crippen LogP contribution is 2.32. The lowest BCUT2D eigenvalue weighted by Gasteiger charge is -2.24. The molecule has 1 heterocycles. The summed E-state index contributed by atoms with van der Waals surface area (Å²) in [5, 5.41) is 7.51. The van der Waals surface area contributed by atoms with E-state index >= 15 is 0 Å². The van der Waals surface area contributed by atoms with Crippen LogP contribution in [0.3, 0.4) is 0 Å². The third kappa shape index (κ3) is 5.75. The lowest BCUT2D eigenvalue weighted by atomic mass is 10.0. The van der Waals surface area contributed by atoms with Gasteiger partial charge in [-0.15, -0.1) is 0 Å². The van der Waals surface area contributed by atoms with Gasteiger partial charge in [0.15, 0.2) is 0 Å². The first-order valence-electron chi connectivity index (χ1n) is 11.6. The van der Waals surface area contributed by atoms with Crippen LogP contribution in [0.25, 0.3) is 11.1 Å². The smallest absolute Gasteiger partial charge is 0.305 e. The zero-order chi connectivity index (χ0) is 25.7. The van der Waals surface area contributed by atoms with E-state index in [0.717, 1.165) is 11.1 Å². The first-order chi connectivity index (χ1) is 17.3. The number of sulfonamides is 1. The number of esters is 1. The number of hydrogen-bond donors (Lipinski definition) is 2. The van der Waals surface area contributed by atoms with Gasteiger partial charge in [-0.3, -0.25) is 10.2 Å². The van der Waals surface area contributed by atoms with E-state index < -0.39 is 16.1 Å². The normalized spacial score (nSPS) is 18.0. The van der Waals surface area contributed by atoms with Crippen LogP contribution in [0.5, 0.6) is 5.75 Å². The molecule has 3 N–H and O–H groups in total. The Kier molecular flexibility index (Phi) is 7.71. The summed E-state index contributed by atoms with van der Waals surface area (Å²) in [7, 11) is -2.41. The molecule has 0 radical (unpaired) electrons. The van der Waals surface area contributed by atoms with Crippen molar-refractivity contribution in [2.75, 3.05) is 20.3 Å². The van der Waals surface area contributed by atoms with Gasteiger partial charge >= 0.3 is 5.97 Å². The number of nitrogen functional groups attached to an aromatic ring is 1. The second-order valence-electron chi connectivity index (χ2n) is 8.75. The molecule has 4 rings (SSSR count). The molecular formula is C27H29N3O5S. The molecule has 0 unspecified atom stereocenters. The number of benzene rings is 3. The molecule has 1 aliphatic rings. The summed E-state index contributed by atoms with van der Waals surface area (Å²) in [4.78, 5) is 12.1. The van der Waals surface area contributed by atoms with Crippen LogP contribution in [0.2, 0.25) is 0 Å². The maximum absolute atomic E-state index is 13.4. The molecule has 0 aromatic heterocycles. The average Bonchev–Trinajstić information content (AvgIpc) is 3.31. The van der Waals surface area contributed by atoms with Gasteiger partial charge in [0.05, 0.1) is 18.0 Å². The first-order valence-corrected chi connectivity index (χ1v) is 13.0. The number of nitrogens with one attached hydrogen (secondary N) is 1. The molecule has 0 aliphatic carbocycles. The fraction of sp³-hybridized carbons (Fsp3) is 0.259. The van der Waals surface area contributed by atoms with Crippen LogP contribution in [-0.2, 0) is 19.6 Å². The van der Waals surface area contributed by atoms with Crippen molar-refractivity contribution >= 4 is 21.8 Å². The van der Waals surface area contributed by atoms with Crippen LogP contribution in [0.1, 0.15) is 18.4 Å². The molecule has 1 aliphatic heterocycles. The van der Waals surface area contributed by atoms with Gasteiger partial charge in [-0.2, -0.15) is 4.31 Å². The van der Waals surface area contributed by atoms with Crippen LogP contribution in [0.4, 0.5) is 0 Å². The number of nitrogens with zero attached hydrogens (tertiary/aromatic N) is 1. The van der Waals surface area contributed by atoms with E-state index in [1.54, 1.807) is 42.5 Å². The van der Waals surface area contributed by atoms with Crippen LogP contribution in [0, 0.1) is 11.3 Å². The Morgan fingerprint density at radius 3 is 2.19 bits per heavy atom. The van der Waals surface area contributed by atoms with E-state index in [0.29, 0.717) is 17.7 Å². The van der Waals surface area contributed by atoms with Crippen LogP contribution < -0.4 is 10.5 Å². The summed E-state index contributed by atoms with van der Waals surface area (Å²) < 4.78 is 39.0. The molecule has 2 atom stereocenters. The molecule has 1 fully saturated rings. The third-order valence-corrected chi connectivity index (χ3v) is 8.24. The molecular weight excluding hydrogens is 478 g/mol. The third-order valence-electron chi connectivity index (χ3n) is 6.31. The van der Waals surface area contributed by atoms with E-state index in [4.69, 9.17) is 20.6 Å². The first kappa shape index (κ1) is 25.4. The number of amidine groups is 1. The van der Waals surface area contributed by atoms with Gasteiger partial charge in [0, 0.05) is 18.5 Å². The molecule has 0 saturated carbocycles. The molecule has 0 amide bonds. The highest BCUT2D eigenvalue weighted by molar-refractivity contribution is 7.89. The molecule has 36 heavy (non-hydrogen) atoms. The Hall–Kier alpha value is -3.69. The Balaban J connectivity index is 1.47. The van der Waals surface area contributed by atoms with Gasteiger partial charge in [-0.1, -0.05) is 54.6 Å². The number of methoxy groups -OCH3 is 1. The predicted octanol–water partition coefficient (Wildman–Crippen LogP) is 3.66. The van der Waals surface area contributed by atoms with Crippen LogP contribution in [-0.4, -0.2) is 50.8 Å². The molecule has 9 heteroatoms. The van der Waals surface area contributed by atoms with Crippen molar-refractivity contribution in [3.63, 3.8) is 0 Å². The van der Waals surface area contributed by atoms with Gasteiger partial charge in [0.25, 0.3) is 0 Å². The fourth-order valence-electron chi connectivity index (χ4n) is 4.40. The van der Waals surface area contributed by atoms with Crippen molar-refractivity contribution < 1.29 is 22.7 Å². The zero-order valence-electron chi connectivity index (χ0n) is 20.0. The lowest BCUT2D eigenvalue weighted by molar-refractivity contribution is -0.141. The monoisotopic (exact) mass is 507 g/mol. The quantitative estimate of drug-likeness (QED) is 0.259. The second-order valence-corrected chi connectivity index (χ2v) is 10.6. The number of carbonyl (C=O) groups is 1. The largest absolute Gasteiger partial charge is 0.492 e. The SMILES string of the molecule is COC(=O)C[C@@H]1C[C@@H](COc2ccc(-c3ccc(C(=N)N)cc3)cc2)N(S(=O)(=O)c2ccccc2)C1.